The van der Waals surface area contributed by atoms with Crippen molar-refractivity contribution in [3.05, 3.63) is 35.4 Å². The first kappa shape index (κ1) is 16.2. The molecule has 4 nitrogen and oxygen atoms in total. The number of nitrogens with zero attached hydrogens (tertiary/aromatic N) is 2. The van der Waals surface area contributed by atoms with Gasteiger partial charge in [0.2, 0.25) is 0 Å². The van der Waals surface area contributed by atoms with Gasteiger partial charge in [0, 0.05) is 0 Å². The maximum Gasteiger partial charge on any atom is 0.121 e. The van der Waals surface area contributed by atoms with E-state index in [-0.39, 0.29) is 12.1 Å². The van der Waals surface area contributed by atoms with Crippen LogP contribution in [-0.2, 0) is 0 Å². The summed E-state index contributed by atoms with van der Waals surface area (Å²) < 4.78 is 0. The minimum atomic E-state index is -0.284. The van der Waals surface area contributed by atoms with Crippen LogP contribution < -0.4 is 10.6 Å². The average molecular weight is 270 g/mol. The second kappa shape index (κ2) is 9.09. The number of hydrogen-bond donors (Lipinski definition) is 2. The molecular weight excluding hydrogens is 248 g/mol. The van der Waals surface area contributed by atoms with Crippen LogP contribution in [0.2, 0.25) is 0 Å². The van der Waals surface area contributed by atoms with Gasteiger partial charge in [-0.25, -0.2) is 0 Å². The molecule has 1 aromatic carbocycles. The van der Waals surface area contributed by atoms with E-state index in [1.54, 1.807) is 0 Å². The maximum atomic E-state index is 9.17. The average Bonchev–Trinajstić information content (AvgIpc) is 2.50. The number of nitrogens with one attached hydrogen (secondary N) is 2. The zero-order chi connectivity index (χ0) is 14.8. The molecular formula is C16H22N4. The van der Waals surface area contributed by atoms with E-state index in [1.165, 1.54) is 0 Å². The molecule has 0 radical (unpaired) electrons. The molecule has 0 aliphatic heterocycles. The quantitative estimate of drug-likeness (QED) is 0.762. The first-order valence-electron chi connectivity index (χ1n) is 7.12. The molecule has 4 heteroatoms. The van der Waals surface area contributed by atoms with Gasteiger partial charge >= 0.3 is 0 Å². The van der Waals surface area contributed by atoms with Crippen molar-refractivity contribution in [1.82, 2.24) is 10.6 Å². The minimum Gasteiger partial charge on any atom is -0.298 e. The van der Waals surface area contributed by atoms with E-state index >= 15 is 0 Å². The second-order valence-corrected chi connectivity index (χ2v) is 4.70. The number of rotatable bonds is 8. The third-order valence-corrected chi connectivity index (χ3v) is 3.06. The van der Waals surface area contributed by atoms with Crippen molar-refractivity contribution in [2.75, 3.05) is 13.1 Å². The normalized spacial score (nSPS) is 13.2. The molecule has 20 heavy (non-hydrogen) atoms. The molecule has 0 saturated heterocycles. The smallest absolute Gasteiger partial charge is 0.121 e. The lowest BCUT2D eigenvalue weighted by molar-refractivity contribution is 0.614. The summed E-state index contributed by atoms with van der Waals surface area (Å²) >= 11 is 0. The third kappa shape index (κ3) is 4.66. The van der Waals surface area contributed by atoms with E-state index in [1.807, 2.05) is 24.3 Å². The molecule has 2 N–H and O–H groups in total. The molecule has 106 valence electrons. The standard InChI is InChI=1S/C16H22N4/c1-3-9-19-15(11-17)13-5-7-14(8-6-13)16(12-18)20-10-4-2/h5-8,15-16,19-20H,3-4,9-10H2,1-2H3. The Hall–Kier alpha value is -1.88. The number of hydrogen-bond acceptors (Lipinski definition) is 4. The summed E-state index contributed by atoms with van der Waals surface area (Å²) in [7, 11) is 0. The topological polar surface area (TPSA) is 71.6 Å². The van der Waals surface area contributed by atoms with Crippen molar-refractivity contribution in [3.63, 3.8) is 0 Å². The van der Waals surface area contributed by atoms with Gasteiger partial charge in [0.15, 0.2) is 0 Å². The lowest BCUT2D eigenvalue weighted by atomic mass is 10.0. The summed E-state index contributed by atoms with van der Waals surface area (Å²) in [5, 5.41) is 24.7. The van der Waals surface area contributed by atoms with Crippen molar-refractivity contribution in [1.29, 1.82) is 10.5 Å². The first-order chi connectivity index (χ1) is 9.76. The molecule has 0 saturated carbocycles. The Morgan fingerprint density at radius 2 is 1.20 bits per heavy atom. The van der Waals surface area contributed by atoms with Crippen LogP contribution in [0.15, 0.2) is 24.3 Å². The fraction of sp³-hybridized carbons (Fsp3) is 0.500. The Morgan fingerprint density at radius 1 is 0.850 bits per heavy atom. The van der Waals surface area contributed by atoms with Gasteiger partial charge in [-0.15, -0.1) is 0 Å². The molecule has 2 unspecified atom stereocenters. The summed E-state index contributed by atoms with van der Waals surface area (Å²) in [6, 6.07) is 11.6. The van der Waals surface area contributed by atoms with Gasteiger partial charge in [-0.3, -0.25) is 10.6 Å². The Kier molecular flexibility index (Phi) is 7.35. The van der Waals surface area contributed by atoms with Crippen LogP contribution in [0, 0.1) is 22.7 Å². The molecule has 0 aliphatic carbocycles. The zero-order valence-electron chi connectivity index (χ0n) is 12.2. The van der Waals surface area contributed by atoms with E-state index in [2.05, 4.69) is 36.6 Å². The van der Waals surface area contributed by atoms with E-state index < -0.39 is 0 Å². The summed E-state index contributed by atoms with van der Waals surface area (Å²) in [6.07, 6.45) is 1.99. The predicted molar refractivity (Wildman–Crippen MR) is 79.7 cm³/mol. The predicted octanol–water partition coefficient (Wildman–Crippen LogP) is 2.82. The lowest BCUT2D eigenvalue weighted by Gasteiger charge is -2.14. The van der Waals surface area contributed by atoms with Gasteiger partial charge in [0.25, 0.3) is 0 Å². The zero-order valence-corrected chi connectivity index (χ0v) is 12.2. The molecule has 0 aromatic heterocycles. The minimum absolute atomic E-state index is 0.284. The van der Waals surface area contributed by atoms with E-state index in [0.717, 1.165) is 37.1 Å². The van der Waals surface area contributed by atoms with Crippen LogP contribution in [0.25, 0.3) is 0 Å². The molecule has 0 spiro atoms. The first-order valence-corrected chi connectivity index (χ1v) is 7.12. The third-order valence-electron chi connectivity index (χ3n) is 3.06. The molecule has 1 rings (SSSR count). The van der Waals surface area contributed by atoms with E-state index in [4.69, 9.17) is 10.5 Å². The van der Waals surface area contributed by atoms with Crippen LogP contribution in [0.5, 0.6) is 0 Å². The van der Waals surface area contributed by atoms with Crippen LogP contribution >= 0.6 is 0 Å². The molecule has 1 aromatic rings. The SMILES string of the molecule is CCCNC(C#N)c1ccc(C(C#N)NCCC)cc1. The summed E-state index contributed by atoms with van der Waals surface area (Å²) in [5.41, 5.74) is 1.88. The van der Waals surface area contributed by atoms with Gasteiger partial charge in [0.05, 0.1) is 12.1 Å². The molecule has 0 aliphatic rings. The molecule has 0 amide bonds. The number of nitriles is 2. The van der Waals surface area contributed by atoms with Crippen molar-refractivity contribution >= 4 is 0 Å². The van der Waals surface area contributed by atoms with Crippen molar-refractivity contribution in [3.8, 4) is 12.1 Å². The molecule has 0 fully saturated rings. The monoisotopic (exact) mass is 270 g/mol. The van der Waals surface area contributed by atoms with Crippen molar-refractivity contribution in [2.24, 2.45) is 0 Å². The van der Waals surface area contributed by atoms with Crippen LogP contribution in [0.1, 0.15) is 49.9 Å². The van der Waals surface area contributed by atoms with Crippen LogP contribution in [0.4, 0.5) is 0 Å². The van der Waals surface area contributed by atoms with Gasteiger partial charge in [-0.2, -0.15) is 10.5 Å². The Labute approximate surface area is 121 Å². The highest BCUT2D eigenvalue weighted by molar-refractivity contribution is 5.31. The largest absolute Gasteiger partial charge is 0.298 e. The fourth-order valence-electron chi connectivity index (χ4n) is 1.93. The van der Waals surface area contributed by atoms with Gasteiger partial charge in [-0.05, 0) is 37.1 Å². The highest BCUT2D eigenvalue weighted by atomic mass is 14.9. The highest BCUT2D eigenvalue weighted by Gasteiger charge is 2.12. The summed E-state index contributed by atoms with van der Waals surface area (Å²) in [4.78, 5) is 0. The van der Waals surface area contributed by atoms with Crippen molar-refractivity contribution in [2.45, 2.75) is 38.8 Å². The molecule has 0 bridgehead atoms. The Morgan fingerprint density at radius 3 is 1.45 bits per heavy atom. The molecule has 2 atom stereocenters. The van der Waals surface area contributed by atoms with E-state index in [9.17, 15) is 0 Å². The fourth-order valence-corrected chi connectivity index (χ4v) is 1.93. The lowest BCUT2D eigenvalue weighted by Crippen LogP contribution is -2.22. The van der Waals surface area contributed by atoms with Gasteiger partial charge in [-0.1, -0.05) is 38.1 Å². The molecule has 0 heterocycles. The highest BCUT2D eigenvalue weighted by Crippen LogP contribution is 2.17. The van der Waals surface area contributed by atoms with Gasteiger partial charge < -0.3 is 0 Å². The van der Waals surface area contributed by atoms with Gasteiger partial charge in [0.1, 0.15) is 12.1 Å². The summed E-state index contributed by atoms with van der Waals surface area (Å²) in [5.74, 6) is 0. The number of benzene rings is 1. The maximum absolute atomic E-state index is 9.17. The summed E-state index contributed by atoms with van der Waals surface area (Å²) in [6.45, 7) is 5.78. The van der Waals surface area contributed by atoms with Crippen LogP contribution in [0.3, 0.4) is 0 Å². The Balaban J connectivity index is 2.76. The van der Waals surface area contributed by atoms with Crippen molar-refractivity contribution < 1.29 is 0 Å². The van der Waals surface area contributed by atoms with E-state index in [0.29, 0.717) is 0 Å². The van der Waals surface area contributed by atoms with Crippen LogP contribution in [-0.4, -0.2) is 13.1 Å². The Bertz CT molecular complexity index is 422. The second-order valence-electron chi connectivity index (χ2n) is 4.70.